The molecule has 1 atom stereocenters. The van der Waals surface area contributed by atoms with Gasteiger partial charge in [-0.2, -0.15) is 8.78 Å². The van der Waals surface area contributed by atoms with Crippen LogP contribution in [0, 0.1) is 5.82 Å². The number of halogens is 3. The standard InChI is InChI=1S/C18H20F3N7O3/c1-17(18(20,21)8-31-16(23)28-17)13-10(19)3-4-11(26-13)27-15(29)12-14(22)25-9(7-24-12)5-6-30-2/h3-4,7H,5-6,8H2,1-2H3,(H2,22,25)(H2,23,28)(H,26,27,29). The van der Waals surface area contributed by atoms with Crippen LogP contribution in [0.2, 0.25) is 0 Å². The zero-order valence-corrected chi connectivity index (χ0v) is 16.7. The number of hydrogen-bond acceptors (Lipinski definition) is 9. The number of carbonyl (C=O) groups excluding carboxylic acids is 1. The number of pyridine rings is 1. The minimum absolute atomic E-state index is 0.145. The Balaban J connectivity index is 1.89. The summed E-state index contributed by atoms with van der Waals surface area (Å²) in [5, 5.41) is 2.34. The molecule has 31 heavy (non-hydrogen) atoms. The van der Waals surface area contributed by atoms with Crippen LogP contribution in [0.4, 0.5) is 24.8 Å². The van der Waals surface area contributed by atoms with Gasteiger partial charge in [0, 0.05) is 19.7 Å². The van der Waals surface area contributed by atoms with Gasteiger partial charge in [0.2, 0.25) is 0 Å². The van der Waals surface area contributed by atoms with E-state index in [2.05, 4.69) is 30.0 Å². The molecule has 166 valence electrons. The van der Waals surface area contributed by atoms with Gasteiger partial charge in [0.1, 0.15) is 17.3 Å². The first-order valence-electron chi connectivity index (χ1n) is 9.02. The van der Waals surface area contributed by atoms with Crippen molar-refractivity contribution in [2.24, 2.45) is 10.7 Å². The van der Waals surface area contributed by atoms with Crippen LogP contribution in [0.1, 0.15) is 28.8 Å². The largest absolute Gasteiger partial charge is 0.459 e. The number of hydrogen-bond donors (Lipinski definition) is 3. The first-order valence-corrected chi connectivity index (χ1v) is 9.02. The summed E-state index contributed by atoms with van der Waals surface area (Å²) >= 11 is 0. The monoisotopic (exact) mass is 439 g/mol. The molecule has 0 aromatic carbocycles. The van der Waals surface area contributed by atoms with Gasteiger partial charge in [-0.15, -0.1) is 0 Å². The average Bonchev–Trinajstić information content (AvgIpc) is 2.71. The number of aliphatic imine (C=N–C) groups is 1. The minimum Gasteiger partial charge on any atom is -0.459 e. The van der Waals surface area contributed by atoms with Gasteiger partial charge in [-0.05, 0) is 19.1 Å². The Morgan fingerprint density at radius 1 is 1.32 bits per heavy atom. The molecule has 2 aromatic rings. The number of nitrogen functional groups attached to an aromatic ring is 1. The second kappa shape index (κ2) is 8.34. The molecule has 0 aliphatic carbocycles. The third-order valence-electron chi connectivity index (χ3n) is 4.62. The van der Waals surface area contributed by atoms with Crippen LogP contribution in [-0.4, -0.2) is 53.1 Å². The van der Waals surface area contributed by atoms with Crippen LogP contribution < -0.4 is 16.8 Å². The normalized spacial score (nSPS) is 20.0. The molecule has 0 bridgehead atoms. The average molecular weight is 439 g/mol. The summed E-state index contributed by atoms with van der Waals surface area (Å²) in [7, 11) is 1.53. The predicted molar refractivity (Wildman–Crippen MR) is 104 cm³/mol. The maximum absolute atomic E-state index is 14.5. The number of nitrogens with zero attached hydrogens (tertiary/aromatic N) is 4. The topological polar surface area (TPSA) is 151 Å². The Labute approximate surface area is 174 Å². The number of anilines is 2. The van der Waals surface area contributed by atoms with Gasteiger partial charge in [-0.25, -0.2) is 24.3 Å². The van der Waals surface area contributed by atoms with Crippen molar-refractivity contribution >= 4 is 23.6 Å². The van der Waals surface area contributed by atoms with E-state index in [1.807, 2.05) is 0 Å². The van der Waals surface area contributed by atoms with Gasteiger partial charge >= 0.3 is 5.92 Å². The van der Waals surface area contributed by atoms with Crippen molar-refractivity contribution in [1.82, 2.24) is 15.0 Å². The Bertz CT molecular complexity index is 1030. The molecule has 10 nitrogen and oxygen atoms in total. The zero-order valence-electron chi connectivity index (χ0n) is 16.7. The number of rotatable bonds is 6. The molecule has 1 aliphatic heterocycles. The number of carbonyl (C=O) groups is 1. The second-order valence-electron chi connectivity index (χ2n) is 6.83. The number of nitrogens with one attached hydrogen (secondary N) is 1. The van der Waals surface area contributed by atoms with Crippen LogP contribution in [0.25, 0.3) is 0 Å². The highest BCUT2D eigenvalue weighted by Gasteiger charge is 2.57. The summed E-state index contributed by atoms with van der Waals surface area (Å²) in [5.74, 6) is -5.84. The summed E-state index contributed by atoms with van der Waals surface area (Å²) in [4.78, 5) is 28.0. The lowest BCUT2D eigenvalue weighted by molar-refractivity contribution is -0.118. The Kier molecular flexibility index (Phi) is 5.97. The highest BCUT2D eigenvalue weighted by molar-refractivity contribution is 6.05. The molecule has 3 rings (SSSR count). The molecule has 1 unspecified atom stereocenters. The molecule has 0 fully saturated rings. The third kappa shape index (κ3) is 4.35. The molecule has 1 amide bonds. The van der Waals surface area contributed by atoms with Crippen LogP contribution in [0.5, 0.6) is 0 Å². The summed E-state index contributed by atoms with van der Waals surface area (Å²) in [6.07, 6.45) is 1.80. The molecule has 13 heteroatoms. The van der Waals surface area contributed by atoms with Crippen molar-refractivity contribution in [3.8, 4) is 0 Å². The predicted octanol–water partition coefficient (Wildman–Crippen LogP) is 1.23. The highest BCUT2D eigenvalue weighted by Crippen LogP contribution is 2.43. The quantitative estimate of drug-likeness (QED) is 0.608. The van der Waals surface area contributed by atoms with E-state index in [-0.39, 0.29) is 17.3 Å². The molecule has 0 spiro atoms. The van der Waals surface area contributed by atoms with E-state index in [0.717, 1.165) is 19.1 Å². The first kappa shape index (κ1) is 22.2. The maximum atomic E-state index is 14.5. The van der Waals surface area contributed by atoms with Gasteiger partial charge in [-0.1, -0.05) is 0 Å². The van der Waals surface area contributed by atoms with Gasteiger partial charge < -0.3 is 26.3 Å². The number of alkyl halides is 2. The smallest absolute Gasteiger partial charge is 0.311 e. The van der Waals surface area contributed by atoms with E-state index < -0.39 is 41.5 Å². The molecular weight excluding hydrogens is 419 g/mol. The van der Waals surface area contributed by atoms with Crippen molar-refractivity contribution in [1.29, 1.82) is 0 Å². The van der Waals surface area contributed by atoms with E-state index in [0.29, 0.717) is 18.7 Å². The van der Waals surface area contributed by atoms with Crippen molar-refractivity contribution in [2.75, 3.05) is 31.4 Å². The van der Waals surface area contributed by atoms with Crippen molar-refractivity contribution in [3.05, 3.63) is 41.2 Å². The molecule has 1 aliphatic rings. The minimum atomic E-state index is -3.61. The number of amidine groups is 1. The molecule has 0 radical (unpaired) electrons. The number of amides is 1. The summed E-state index contributed by atoms with van der Waals surface area (Å²) in [5.41, 5.74) is 8.35. The molecule has 0 saturated carbocycles. The summed E-state index contributed by atoms with van der Waals surface area (Å²) in [6, 6.07) is 1.45. The van der Waals surface area contributed by atoms with E-state index in [4.69, 9.17) is 16.2 Å². The van der Waals surface area contributed by atoms with Gasteiger partial charge in [0.15, 0.2) is 23.7 Å². The third-order valence-corrected chi connectivity index (χ3v) is 4.62. The van der Waals surface area contributed by atoms with E-state index in [1.54, 1.807) is 0 Å². The Hall–Kier alpha value is -3.48. The Morgan fingerprint density at radius 3 is 2.74 bits per heavy atom. The highest BCUT2D eigenvalue weighted by atomic mass is 19.3. The maximum Gasteiger partial charge on any atom is 0.311 e. The SMILES string of the molecule is COCCc1cnc(C(=O)Nc2ccc(F)c(C3(C)N=C(N)OCC3(F)F)n2)c(N)n1. The molecule has 3 heterocycles. The summed E-state index contributed by atoms with van der Waals surface area (Å²) in [6.45, 7) is 0.267. The van der Waals surface area contributed by atoms with E-state index in [9.17, 15) is 18.0 Å². The fourth-order valence-corrected chi connectivity index (χ4v) is 2.84. The lowest BCUT2D eigenvalue weighted by atomic mass is 9.89. The van der Waals surface area contributed by atoms with E-state index in [1.165, 1.54) is 13.3 Å². The molecule has 5 N–H and O–H groups in total. The van der Waals surface area contributed by atoms with Crippen LogP contribution in [0.15, 0.2) is 23.3 Å². The van der Waals surface area contributed by atoms with Crippen molar-refractivity contribution in [3.63, 3.8) is 0 Å². The lowest BCUT2D eigenvalue weighted by Crippen LogP contribution is -2.51. The Morgan fingerprint density at radius 2 is 2.06 bits per heavy atom. The van der Waals surface area contributed by atoms with Crippen molar-refractivity contribution < 1.29 is 27.4 Å². The van der Waals surface area contributed by atoms with Gasteiger partial charge in [0.25, 0.3) is 11.9 Å². The number of aromatic nitrogens is 3. The lowest BCUT2D eigenvalue weighted by Gasteiger charge is -2.36. The summed E-state index contributed by atoms with van der Waals surface area (Å²) < 4.78 is 52.9. The van der Waals surface area contributed by atoms with Gasteiger partial charge in [-0.3, -0.25) is 4.79 Å². The first-order chi connectivity index (χ1) is 14.6. The number of ether oxygens (including phenoxy) is 2. The molecule has 2 aromatic heterocycles. The zero-order chi connectivity index (χ0) is 22.8. The van der Waals surface area contributed by atoms with Crippen LogP contribution >= 0.6 is 0 Å². The molecule has 0 saturated heterocycles. The fourth-order valence-electron chi connectivity index (χ4n) is 2.84. The van der Waals surface area contributed by atoms with Crippen molar-refractivity contribution in [2.45, 2.75) is 24.8 Å². The number of nitrogens with two attached hydrogens (primary N) is 2. The van der Waals surface area contributed by atoms with Crippen LogP contribution in [-0.2, 0) is 21.4 Å². The van der Waals surface area contributed by atoms with E-state index >= 15 is 0 Å². The second-order valence-corrected chi connectivity index (χ2v) is 6.83. The van der Waals surface area contributed by atoms with Crippen LogP contribution in [0.3, 0.4) is 0 Å². The van der Waals surface area contributed by atoms with Gasteiger partial charge in [0.05, 0.1) is 12.3 Å². The number of methoxy groups -OCH3 is 1. The fraction of sp³-hybridized carbons (Fsp3) is 0.389. The molecular formula is C18H20F3N7O3.